The number of likely N-dealkylation sites (tertiary alicyclic amines) is 1. The number of hydrogen-bond donors (Lipinski definition) is 1. The molecule has 1 unspecified atom stereocenters. The van der Waals surface area contributed by atoms with Crippen LogP contribution in [-0.2, 0) is 0 Å². The molecule has 20 heavy (non-hydrogen) atoms. The molecule has 1 aromatic rings. The molecule has 6 nitrogen and oxygen atoms in total. The number of hydrogen-bond acceptors (Lipinski definition) is 4. The molecule has 0 aromatic heterocycles. The van der Waals surface area contributed by atoms with E-state index in [9.17, 15) is 14.9 Å². The Morgan fingerprint density at radius 2 is 2.35 bits per heavy atom. The Kier molecular flexibility index (Phi) is 4.57. The number of amides is 1. The van der Waals surface area contributed by atoms with Gasteiger partial charge in [0.1, 0.15) is 5.56 Å². The van der Waals surface area contributed by atoms with E-state index < -0.39 is 4.92 Å². The highest BCUT2D eigenvalue weighted by Crippen LogP contribution is 2.29. The van der Waals surface area contributed by atoms with Crippen LogP contribution in [0.1, 0.15) is 16.8 Å². The molecule has 0 aliphatic carbocycles. The maximum Gasteiger partial charge on any atom is 0.283 e. The number of benzene rings is 1. The first-order chi connectivity index (χ1) is 9.54. The van der Waals surface area contributed by atoms with E-state index in [0.717, 1.165) is 13.0 Å². The zero-order valence-electron chi connectivity index (χ0n) is 11.1. The van der Waals surface area contributed by atoms with Crippen LogP contribution in [-0.4, -0.2) is 42.4 Å². The van der Waals surface area contributed by atoms with Gasteiger partial charge in [-0.25, -0.2) is 0 Å². The second-order valence-corrected chi connectivity index (χ2v) is 5.26. The molecule has 0 saturated carbocycles. The van der Waals surface area contributed by atoms with Crippen LogP contribution < -0.4 is 5.32 Å². The smallest absolute Gasteiger partial charge is 0.283 e. The van der Waals surface area contributed by atoms with Crippen molar-refractivity contribution in [1.29, 1.82) is 0 Å². The maximum absolute atomic E-state index is 12.5. The van der Waals surface area contributed by atoms with Crippen LogP contribution in [0.2, 0.25) is 5.02 Å². The highest BCUT2D eigenvalue weighted by atomic mass is 35.5. The summed E-state index contributed by atoms with van der Waals surface area (Å²) in [5.74, 6) is 0.0198. The fourth-order valence-electron chi connectivity index (χ4n) is 2.51. The summed E-state index contributed by atoms with van der Waals surface area (Å²) in [5, 5.41) is 14.2. The van der Waals surface area contributed by atoms with Gasteiger partial charge in [0, 0.05) is 19.2 Å². The zero-order valence-corrected chi connectivity index (χ0v) is 11.9. The zero-order chi connectivity index (χ0) is 14.7. The van der Waals surface area contributed by atoms with Crippen LogP contribution in [0.4, 0.5) is 5.69 Å². The summed E-state index contributed by atoms with van der Waals surface area (Å²) >= 11 is 5.98. The van der Waals surface area contributed by atoms with Crippen LogP contribution in [0, 0.1) is 16.0 Å². The SMILES string of the molecule is CNCC1CCN(C(=O)c2c(Cl)cccc2[N+](=O)[O-])C1. The molecule has 0 bridgehead atoms. The minimum Gasteiger partial charge on any atom is -0.338 e. The average Bonchev–Trinajstić information content (AvgIpc) is 2.86. The molecule has 1 N–H and O–H groups in total. The first-order valence-corrected chi connectivity index (χ1v) is 6.79. The number of carbonyl (C=O) groups is 1. The highest BCUT2D eigenvalue weighted by Gasteiger charge is 2.31. The predicted octanol–water partition coefficient (Wildman–Crippen LogP) is 1.93. The summed E-state index contributed by atoms with van der Waals surface area (Å²) < 4.78 is 0. The Hall–Kier alpha value is -1.66. The molecular weight excluding hydrogens is 282 g/mol. The van der Waals surface area contributed by atoms with Gasteiger partial charge in [0.15, 0.2) is 0 Å². The number of nitrogens with one attached hydrogen (secondary N) is 1. The second kappa shape index (κ2) is 6.19. The second-order valence-electron chi connectivity index (χ2n) is 4.85. The molecule has 108 valence electrons. The monoisotopic (exact) mass is 297 g/mol. The first-order valence-electron chi connectivity index (χ1n) is 6.41. The summed E-state index contributed by atoms with van der Waals surface area (Å²) in [6, 6.07) is 4.29. The van der Waals surface area contributed by atoms with Crippen molar-refractivity contribution < 1.29 is 9.72 Å². The number of rotatable bonds is 4. The van der Waals surface area contributed by atoms with E-state index in [1.54, 1.807) is 4.90 Å². The minimum atomic E-state index is -0.569. The summed E-state index contributed by atoms with van der Waals surface area (Å²) in [6.45, 7) is 2.03. The lowest BCUT2D eigenvalue weighted by molar-refractivity contribution is -0.385. The van der Waals surface area contributed by atoms with Crippen LogP contribution in [0.25, 0.3) is 0 Å². The molecule has 1 aliphatic rings. The summed E-state index contributed by atoms with van der Waals surface area (Å²) in [5.41, 5.74) is -0.246. The quantitative estimate of drug-likeness (QED) is 0.680. The Balaban J connectivity index is 2.24. The van der Waals surface area contributed by atoms with Crippen molar-refractivity contribution in [3.05, 3.63) is 38.9 Å². The van der Waals surface area contributed by atoms with Crippen LogP contribution >= 0.6 is 11.6 Å². The van der Waals surface area contributed by atoms with Crippen molar-refractivity contribution in [2.75, 3.05) is 26.7 Å². The molecule has 7 heteroatoms. The van der Waals surface area contributed by atoms with Gasteiger partial charge in [0.2, 0.25) is 0 Å². The molecule has 0 radical (unpaired) electrons. The van der Waals surface area contributed by atoms with Gasteiger partial charge in [-0.3, -0.25) is 14.9 Å². The minimum absolute atomic E-state index is 0.00993. The molecule has 1 atom stereocenters. The van der Waals surface area contributed by atoms with E-state index in [1.807, 2.05) is 7.05 Å². The van der Waals surface area contributed by atoms with Gasteiger partial charge < -0.3 is 10.2 Å². The molecule has 1 heterocycles. The van der Waals surface area contributed by atoms with Gasteiger partial charge in [-0.2, -0.15) is 0 Å². The molecule has 1 fully saturated rings. The number of halogens is 1. The van der Waals surface area contributed by atoms with E-state index in [-0.39, 0.29) is 22.2 Å². The van der Waals surface area contributed by atoms with Crippen LogP contribution in [0.15, 0.2) is 18.2 Å². The van der Waals surface area contributed by atoms with Crippen molar-refractivity contribution in [2.24, 2.45) is 5.92 Å². The third-order valence-corrected chi connectivity index (χ3v) is 3.78. The largest absolute Gasteiger partial charge is 0.338 e. The van der Waals surface area contributed by atoms with E-state index >= 15 is 0 Å². The van der Waals surface area contributed by atoms with Gasteiger partial charge in [-0.05, 0) is 32.0 Å². The van der Waals surface area contributed by atoms with E-state index in [0.29, 0.717) is 19.0 Å². The fourth-order valence-corrected chi connectivity index (χ4v) is 2.76. The standard InChI is InChI=1S/C13H16ClN3O3/c1-15-7-9-5-6-16(8-9)13(18)12-10(14)3-2-4-11(12)17(19)20/h2-4,9,15H,5-8H2,1H3. The van der Waals surface area contributed by atoms with E-state index in [2.05, 4.69) is 5.32 Å². The lowest BCUT2D eigenvalue weighted by Crippen LogP contribution is -2.31. The third kappa shape index (κ3) is 2.91. The van der Waals surface area contributed by atoms with Crippen molar-refractivity contribution >= 4 is 23.2 Å². The number of nitro benzene ring substituents is 1. The molecule has 1 amide bonds. The topological polar surface area (TPSA) is 75.5 Å². The number of carbonyl (C=O) groups excluding carboxylic acids is 1. The highest BCUT2D eigenvalue weighted by molar-refractivity contribution is 6.34. The Bertz CT molecular complexity index is 536. The number of nitrogens with zero attached hydrogens (tertiary/aromatic N) is 2. The van der Waals surface area contributed by atoms with Gasteiger partial charge in [-0.1, -0.05) is 17.7 Å². The maximum atomic E-state index is 12.5. The Morgan fingerprint density at radius 1 is 1.60 bits per heavy atom. The van der Waals surface area contributed by atoms with Crippen molar-refractivity contribution in [3.8, 4) is 0 Å². The Labute approximate surface area is 121 Å². The fraction of sp³-hybridized carbons (Fsp3) is 0.462. The normalized spacial score (nSPS) is 18.3. The predicted molar refractivity (Wildman–Crippen MR) is 76.0 cm³/mol. The summed E-state index contributed by atoms with van der Waals surface area (Å²) in [7, 11) is 1.86. The molecule has 2 rings (SSSR count). The molecule has 0 spiro atoms. The average molecular weight is 298 g/mol. The lowest BCUT2D eigenvalue weighted by Gasteiger charge is -2.17. The summed E-state index contributed by atoms with van der Waals surface area (Å²) in [6.07, 6.45) is 0.894. The van der Waals surface area contributed by atoms with Crippen molar-refractivity contribution in [1.82, 2.24) is 10.2 Å². The third-order valence-electron chi connectivity index (χ3n) is 3.47. The van der Waals surface area contributed by atoms with E-state index in [1.165, 1.54) is 18.2 Å². The van der Waals surface area contributed by atoms with Gasteiger partial charge >= 0.3 is 0 Å². The van der Waals surface area contributed by atoms with Crippen molar-refractivity contribution in [3.63, 3.8) is 0 Å². The molecular formula is C13H16ClN3O3. The number of nitro groups is 1. The van der Waals surface area contributed by atoms with Gasteiger partial charge in [0.05, 0.1) is 9.95 Å². The molecule has 1 aromatic carbocycles. The first kappa shape index (κ1) is 14.7. The Morgan fingerprint density at radius 3 is 3.00 bits per heavy atom. The van der Waals surface area contributed by atoms with Gasteiger partial charge in [-0.15, -0.1) is 0 Å². The summed E-state index contributed by atoms with van der Waals surface area (Å²) in [4.78, 5) is 24.6. The van der Waals surface area contributed by atoms with Crippen LogP contribution in [0.5, 0.6) is 0 Å². The van der Waals surface area contributed by atoms with Crippen molar-refractivity contribution in [2.45, 2.75) is 6.42 Å². The molecule has 1 aliphatic heterocycles. The molecule has 1 saturated heterocycles. The van der Waals surface area contributed by atoms with Crippen LogP contribution in [0.3, 0.4) is 0 Å². The van der Waals surface area contributed by atoms with Gasteiger partial charge in [0.25, 0.3) is 11.6 Å². The van der Waals surface area contributed by atoms with E-state index in [4.69, 9.17) is 11.6 Å². The lowest BCUT2D eigenvalue weighted by atomic mass is 10.1.